The molecular formula is C15H22N2O4. The lowest BCUT2D eigenvalue weighted by Gasteiger charge is -2.27. The lowest BCUT2D eigenvalue weighted by molar-refractivity contribution is -0.384. The maximum Gasteiger partial charge on any atom is 0.270 e. The van der Waals surface area contributed by atoms with Gasteiger partial charge in [0.05, 0.1) is 18.1 Å². The Morgan fingerprint density at radius 2 is 2.19 bits per heavy atom. The SMILES string of the molecule is COc1ccc([N+](=O)[O-])cc1CNCC1CCCCC1O. The third-order valence-corrected chi connectivity index (χ3v) is 4.07. The van der Waals surface area contributed by atoms with Crippen molar-refractivity contribution in [1.29, 1.82) is 0 Å². The zero-order valence-electron chi connectivity index (χ0n) is 12.2. The number of rotatable bonds is 6. The first-order chi connectivity index (χ1) is 10.1. The molecule has 2 atom stereocenters. The van der Waals surface area contributed by atoms with Crippen LogP contribution >= 0.6 is 0 Å². The molecule has 1 fully saturated rings. The van der Waals surface area contributed by atoms with Gasteiger partial charge >= 0.3 is 0 Å². The summed E-state index contributed by atoms with van der Waals surface area (Å²) in [6, 6.07) is 4.58. The van der Waals surface area contributed by atoms with E-state index < -0.39 is 4.92 Å². The van der Waals surface area contributed by atoms with Gasteiger partial charge in [0.15, 0.2) is 0 Å². The molecule has 0 aromatic heterocycles. The molecule has 1 aliphatic rings. The first-order valence-electron chi connectivity index (χ1n) is 7.32. The Balaban J connectivity index is 1.95. The molecule has 21 heavy (non-hydrogen) atoms. The van der Waals surface area contributed by atoms with Crippen molar-refractivity contribution in [2.45, 2.75) is 38.3 Å². The highest BCUT2D eigenvalue weighted by molar-refractivity contribution is 5.43. The highest BCUT2D eigenvalue weighted by atomic mass is 16.6. The van der Waals surface area contributed by atoms with E-state index in [2.05, 4.69) is 5.32 Å². The number of nitro groups is 1. The molecule has 0 amide bonds. The molecule has 0 spiro atoms. The fraction of sp³-hybridized carbons (Fsp3) is 0.600. The van der Waals surface area contributed by atoms with Crippen molar-refractivity contribution < 1.29 is 14.8 Å². The third kappa shape index (κ3) is 4.15. The first kappa shape index (κ1) is 15.7. The maximum absolute atomic E-state index is 10.8. The number of ether oxygens (including phenoxy) is 1. The van der Waals surface area contributed by atoms with Crippen molar-refractivity contribution in [3.05, 3.63) is 33.9 Å². The zero-order chi connectivity index (χ0) is 15.2. The molecule has 6 nitrogen and oxygen atoms in total. The molecule has 6 heteroatoms. The molecule has 1 aromatic rings. The van der Waals surface area contributed by atoms with Gasteiger partial charge in [-0.2, -0.15) is 0 Å². The number of nitrogens with one attached hydrogen (secondary N) is 1. The van der Waals surface area contributed by atoms with Crippen molar-refractivity contribution in [1.82, 2.24) is 5.32 Å². The van der Waals surface area contributed by atoms with Crippen LogP contribution in [-0.4, -0.2) is 29.8 Å². The number of aliphatic hydroxyl groups is 1. The molecule has 0 radical (unpaired) electrons. The van der Waals surface area contributed by atoms with Crippen LogP contribution in [0.15, 0.2) is 18.2 Å². The Labute approximate surface area is 124 Å². The van der Waals surface area contributed by atoms with Crippen LogP contribution in [0, 0.1) is 16.0 Å². The van der Waals surface area contributed by atoms with Gasteiger partial charge in [-0.25, -0.2) is 0 Å². The molecule has 2 unspecified atom stereocenters. The van der Waals surface area contributed by atoms with Gasteiger partial charge in [0.25, 0.3) is 5.69 Å². The second-order valence-corrected chi connectivity index (χ2v) is 5.50. The van der Waals surface area contributed by atoms with Crippen molar-refractivity contribution in [3.8, 4) is 5.75 Å². The number of non-ortho nitro benzene ring substituents is 1. The minimum atomic E-state index is -0.409. The van der Waals surface area contributed by atoms with Gasteiger partial charge < -0.3 is 15.2 Å². The van der Waals surface area contributed by atoms with E-state index in [1.54, 1.807) is 13.2 Å². The predicted molar refractivity (Wildman–Crippen MR) is 79.3 cm³/mol. The van der Waals surface area contributed by atoms with Crippen molar-refractivity contribution in [3.63, 3.8) is 0 Å². The van der Waals surface area contributed by atoms with Gasteiger partial charge in [-0.05, 0) is 24.8 Å². The van der Waals surface area contributed by atoms with E-state index in [0.29, 0.717) is 18.8 Å². The van der Waals surface area contributed by atoms with E-state index in [0.717, 1.165) is 31.2 Å². The van der Waals surface area contributed by atoms with E-state index >= 15 is 0 Å². The van der Waals surface area contributed by atoms with Crippen LogP contribution in [0.1, 0.15) is 31.2 Å². The average Bonchev–Trinajstić information content (AvgIpc) is 2.49. The van der Waals surface area contributed by atoms with E-state index in [1.165, 1.54) is 12.1 Å². The van der Waals surface area contributed by atoms with Gasteiger partial charge in [-0.1, -0.05) is 12.8 Å². The number of methoxy groups -OCH3 is 1. The van der Waals surface area contributed by atoms with Gasteiger partial charge in [0, 0.05) is 30.8 Å². The van der Waals surface area contributed by atoms with Crippen LogP contribution in [0.5, 0.6) is 5.75 Å². The first-order valence-corrected chi connectivity index (χ1v) is 7.32. The smallest absolute Gasteiger partial charge is 0.270 e. The summed E-state index contributed by atoms with van der Waals surface area (Å²) in [5, 5.41) is 24.0. The van der Waals surface area contributed by atoms with Gasteiger partial charge in [0.2, 0.25) is 0 Å². The topological polar surface area (TPSA) is 84.6 Å². The summed E-state index contributed by atoms with van der Waals surface area (Å²) in [6.07, 6.45) is 3.91. The van der Waals surface area contributed by atoms with Gasteiger partial charge in [0.1, 0.15) is 5.75 Å². The van der Waals surface area contributed by atoms with E-state index in [1.807, 2.05) is 0 Å². The molecule has 0 aliphatic heterocycles. The summed E-state index contributed by atoms with van der Waals surface area (Å²) in [6.45, 7) is 1.21. The summed E-state index contributed by atoms with van der Waals surface area (Å²) in [4.78, 5) is 10.4. The molecule has 2 N–H and O–H groups in total. The largest absolute Gasteiger partial charge is 0.496 e. The number of nitrogens with zero attached hydrogens (tertiary/aromatic N) is 1. The number of nitro benzene ring substituents is 1. The lowest BCUT2D eigenvalue weighted by Crippen LogP contribution is -2.33. The van der Waals surface area contributed by atoms with Crippen LogP contribution < -0.4 is 10.1 Å². The van der Waals surface area contributed by atoms with Crippen LogP contribution in [-0.2, 0) is 6.54 Å². The summed E-state index contributed by atoms with van der Waals surface area (Å²) in [5.74, 6) is 0.903. The molecule has 2 rings (SSSR count). The Bertz CT molecular complexity index is 493. The number of benzene rings is 1. The van der Waals surface area contributed by atoms with Crippen LogP contribution in [0.4, 0.5) is 5.69 Å². The fourth-order valence-corrected chi connectivity index (χ4v) is 2.84. The average molecular weight is 294 g/mol. The van der Waals surface area contributed by atoms with Crippen molar-refractivity contribution in [2.24, 2.45) is 5.92 Å². The van der Waals surface area contributed by atoms with Crippen LogP contribution in [0.25, 0.3) is 0 Å². The molecule has 1 saturated carbocycles. The zero-order valence-corrected chi connectivity index (χ0v) is 12.2. The quantitative estimate of drug-likeness (QED) is 0.621. The third-order valence-electron chi connectivity index (χ3n) is 4.07. The monoisotopic (exact) mass is 294 g/mol. The Hall–Kier alpha value is -1.66. The van der Waals surface area contributed by atoms with E-state index in [-0.39, 0.29) is 17.7 Å². The number of hydrogen-bond acceptors (Lipinski definition) is 5. The minimum Gasteiger partial charge on any atom is -0.496 e. The molecule has 1 aromatic carbocycles. The van der Waals surface area contributed by atoms with Gasteiger partial charge in [-0.15, -0.1) is 0 Å². The molecule has 0 saturated heterocycles. The summed E-state index contributed by atoms with van der Waals surface area (Å²) < 4.78 is 5.23. The Morgan fingerprint density at radius 3 is 2.86 bits per heavy atom. The summed E-state index contributed by atoms with van der Waals surface area (Å²) >= 11 is 0. The van der Waals surface area contributed by atoms with E-state index in [4.69, 9.17) is 4.74 Å². The number of hydrogen-bond donors (Lipinski definition) is 2. The standard InChI is InChI=1S/C15H22N2O4/c1-21-15-7-6-13(17(19)20)8-12(15)10-16-9-11-4-2-3-5-14(11)18/h6-8,11,14,16,18H,2-5,9-10H2,1H3. The predicted octanol–water partition coefficient (Wildman–Crippen LogP) is 2.24. The summed E-state index contributed by atoms with van der Waals surface area (Å²) in [7, 11) is 1.55. The maximum atomic E-state index is 10.8. The van der Waals surface area contributed by atoms with E-state index in [9.17, 15) is 15.2 Å². The highest BCUT2D eigenvalue weighted by Gasteiger charge is 2.22. The second-order valence-electron chi connectivity index (χ2n) is 5.50. The molecule has 0 bridgehead atoms. The normalized spacial score (nSPS) is 22.0. The van der Waals surface area contributed by atoms with Crippen molar-refractivity contribution in [2.75, 3.05) is 13.7 Å². The lowest BCUT2D eigenvalue weighted by atomic mass is 9.86. The highest BCUT2D eigenvalue weighted by Crippen LogP contribution is 2.25. The Kier molecular flexibility index (Phi) is 5.52. The van der Waals surface area contributed by atoms with Crippen LogP contribution in [0.2, 0.25) is 0 Å². The molecular weight excluding hydrogens is 272 g/mol. The molecule has 0 heterocycles. The van der Waals surface area contributed by atoms with Crippen molar-refractivity contribution >= 4 is 5.69 Å². The Morgan fingerprint density at radius 1 is 1.43 bits per heavy atom. The van der Waals surface area contributed by atoms with Crippen LogP contribution in [0.3, 0.4) is 0 Å². The molecule has 116 valence electrons. The fourth-order valence-electron chi connectivity index (χ4n) is 2.84. The minimum absolute atomic E-state index is 0.0605. The number of aliphatic hydroxyl groups excluding tert-OH is 1. The summed E-state index contributed by atoms with van der Waals surface area (Å²) in [5.41, 5.74) is 0.822. The van der Waals surface area contributed by atoms with Gasteiger partial charge in [-0.3, -0.25) is 10.1 Å². The molecule has 1 aliphatic carbocycles. The second kappa shape index (κ2) is 7.38.